The zero-order chi connectivity index (χ0) is 22.3. The maximum atomic E-state index is 10.3. The summed E-state index contributed by atoms with van der Waals surface area (Å²) in [5, 5.41) is 69.4. The molecule has 4 rings (SSSR count). The summed E-state index contributed by atoms with van der Waals surface area (Å²) in [7, 11) is 0. The van der Waals surface area contributed by atoms with Crippen LogP contribution < -0.4 is 4.74 Å². The molecule has 2 aromatic carbocycles. The Bertz CT molecular complexity index is 915. The third kappa shape index (κ3) is 4.13. The Morgan fingerprint density at radius 2 is 1.61 bits per heavy atom. The van der Waals surface area contributed by atoms with Gasteiger partial charge in [-0.1, -0.05) is 12.1 Å². The predicted octanol–water partition coefficient (Wildman–Crippen LogP) is -0.335. The monoisotopic (exact) mass is 436 g/mol. The molecule has 0 unspecified atom stereocenters. The third-order valence-corrected chi connectivity index (χ3v) is 5.55. The maximum Gasteiger partial charge on any atom is 0.187 e. The number of phenols is 3. The summed E-state index contributed by atoms with van der Waals surface area (Å²) in [5.74, 6) is -0.110. The minimum Gasteiger partial charge on any atom is -0.508 e. The van der Waals surface area contributed by atoms with E-state index in [1.54, 1.807) is 12.1 Å². The molecule has 2 aliphatic rings. The number of hydrogen-bond donors (Lipinski definition) is 7. The first-order chi connectivity index (χ1) is 14.8. The van der Waals surface area contributed by atoms with Crippen LogP contribution in [0.25, 0.3) is 0 Å². The largest absolute Gasteiger partial charge is 0.508 e. The molecule has 0 spiro atoms. The summed E-state index contributed by atoms with van der Waals surface area (Å²) >= 11 is 0. The minimum atomic E-state index is -1.61. The van der Waals surface area contributed by atoms with Gasteiger partial charge in [-0.15, -0.1) is 0 Å². The summed E-state index contributed by atoms with van der Waals surface area (Å²) in [6.45, 7) is -0.601. The summed E-state index contributed by atoms with van der Waals surface area (Å²) < 4.78 is 17.3. The lowest BCUT2D eigenvalue weighted by Gasteiger charge is -2.43. The van der Waals surface area contributed by atoms with Gasteiger partial charge in [-0.25, -0.2) is 0 Å². The molecule has 1 saturated heterocycles. The Balaban J connectivity index is 1.66. The molecular formula is C21H24O10. The number of rotatable bonds is 4. The molecule has 0 saturated carbocycles. The molecule has 7 atom stereocenters. The second-order valence-corrected chi connectivity index (χ2v) is 7.65. The maximum absolute atomic E-state index is 10.3. The lowest BCUT2D eigenvalue weighted by Crippen LogP contribution is -2.60. The molecule has 0 aliphatic carbocycles. The predicted molar refractivity (Wildman–Crippen MR) is 104 cm³/mol. The van der Waals surface area contributed by atoms with E-state index < -0.39 is 49.5 Å². The molecule has 2 heterocycles. The molecule has 2 aliphatic heterocycles. The molecule has 10 nitrogen and oxygen atoms in total. The van der Waals surface area contributed by atoms with E-state index in [4.69, 9.17) is 14.2 Å². The lowest BCUT2D eigenvalue weighted by molar-refractivity contribution is -0.317. The normalized spacial score (nSPS) is 32.8. The van der Waals surface area contributed by atoms with E-state index in [1.807, 2.05) is 0 Å². The number of ether oxygens (including phenoxy) is 3. The van der Waals surface area contributed by atoms with Crippen LogP contribution >= 0.6 is 0 Å². The van der Waals surface area contributed by atoms with E-state index in [1.165, 1.54) is 18.2 Å². The molecule has 0 bridgehead atoms. The number of aliphatic hydroxyl groups excluding tert-OH is 4. The quantitative estimate of drug-likeness (QED) is 0.337. The van der Waals surface area contributed by atoms with E-state index in [-0.39, 0.29) is 29.4 Å². The highest BCUT2D eigenvalue weighted by atomic mass is 16.7. The van der Waals surface area contributed by atoms with Crippen LogP contribution in [-0.2, 0) is 15.9 Å². The van der Waals surface area contributed by atoms with Crippen LogP contribution in [0.4, 0.5) is 0 Å². The van der Waals surface area contributed by atoms with Gasteiger partial charge in [0.05, 0.1) is 6.61 Å². The average molecular weight is 436 g/mol. The number of fused-ring (bicyclic) bond motifs is 1. The van der Waals surface area contributed by atoms with E-state index in [2.05, 4.69) is 0 Å². The third-order valence-electron chi connectivity index (χ3n) is 5.55. The van der Waals surface area contributed by atoms with Crippen molar-refractivity contribution in [2.45, 2.75) is 49.3 Å². The highest BCUT2D eigenvalue weighted by Crippen LogP contribution is 2.43. The van der Waals surface area contributed by atoms with Gasteiger partial charge in [0.2, 0.25) is 0 Å². The summed E-state index contributed by atoms with van der Waals surface area (Å²) in [6.07, 6.45) is -8.80. The number of hydrogen-bond acceptors (Lipinski definition) is 10. The fourth-order valence-corrected chi connectivity index (χ4v) is 3.87. The van der Waals surface area contributed by atoms with Crippen molar-refractivity contribution in [1.29, 1.82) is 0 Å². The summed E-state index contributed by atoms with van der Waals surface area (Å²) in [4.78, 5) is 0. The van der Waals surface area contributed by atoms with Crippen LogP contribution in [0, 0.1) is 0 Å². The highest BCUT2D eigenvalue weighted by molar-refractivity contribution is 5.51. The van der Waals surface area contributed by atoms with Gasteiger partial charge >= 0.3 is 0 Å². The van der Waals surface area contributed by atoms with Crippen molar-refractivity contribution in [2.24, 2.45) is 0 Å². The van der Waals surface area contributed by atoms with Crippen LogP contribution in [-0.4, -0.2) is 79.2 Å². The van der Waals surface area contributed by atoms with Gasteiger partial charge < -0.3 is 50.0 Å². The Kier molecular flexibility index (Phi) is 5.93. The summed E-state index contributed by atoms with van der Waals surface area (Å²) in [5.41, 5.74) is 0.961. The second-order valence-electron chi connectivity index (χ2n) is 7.65. The highest BCUT2D eigenvalue weighted by Gasteiger charge is 2.46. The topological polar surface area (TPSA) is 169 Å². The van der Waals surface area contributed by atoms with E-state index in [0.717, 1.165) is 6.07 Å². The van der Waals surface area contributed by atoms with Crippen molar-refractivity contribution in [3.63, 3.8) is 0 Å². The summed E-state index contributed by atoms with van der Waals surface area (Å²) in [6, 6.07) is 8.65. The fraction of sp³-hybridized carbons (Fsp3) is 0.429. The van der Waals surface area contributed by atoms with Gasteiger partial charge in [0.15, 0.2) is 12.4 Å². The van der Waals surface area contributed by atoms with Crippen LogP contribution in [0.15, 0.2) is 36.4 Å². The molecule has 10 heteroatoms. The van der Waals surface area contributed by atoms with E-state index in [9.17, 15) is 35.7 Å². The second kappa shape index (κ2) is 8.50. The van der Waals surface area contributed by atoms with Crippen molar-refractivity contribution >= 4 is 0 Å². The molecule has 168 valence electrons. The van der Waals surface area contributed by atoms with E-state index >= 15 is 0 Å². The average Bonchev–Trinajstić information content (AvgIpc) is 2.74. The number of aliphatic hydroxyl groups is 4. The lowest BCUT2D eigenvalue weighted by atomic mass is 9.93. The Morgan fingerprint density at radius 1 is 0.903 bits per heavy atom. The minimum absolute atomic E-state index is 0.0432. The Hall–Kier alpha value is -2.60. The first-order valence-corrected chi connectivity index (χ1v) is 9.75. The van der Waals surface area contributed by atoms with Crippen LogP contribution in [0.2, 0.25) is 0 Å². The van der Waals surface area contributed by atoms with Crippen LogP contribution in [0.1, 0.15) is 17.2 Å². The molecule has 1 fully saturated rings. The van der Waals surface area contributed by atoms with Gasteiger partial charge in [0, 0.05) is 24.1 Å². The SMILES string of the molecule is OC[C@@H]1O[C@H](O[C@H]2Cc3c(O)cc(O)cc3O[C@@H]2c2ccc(O)cc2)[C@@H](O)[C@@H](O)[C@H]1O. The molecule has 31 heavy (non-hydrogen) atoms. The van der Waals surface area contributed by atoms with Crippen molar-refractivity contribution < 1.29 is 50.0 Å². The van der Waals surface area contributed by atoms with Crippen molar-refractivity contribution in [2.75, 3.05) is 6.61 Å². The number of benzene rings is 2. The standard InChI is InChI=1S/C21H24O10/c22-8-16-17(26)18(27)19(28)21(31-16)30-15-7-12-13(25)5-11(24)6-14(12)29-20(15)9-1-3-10(23)4-2-9/h1-6,15-28H,7-8H2/t15-,16-,17-,18-,19-,20+,21-/m0/s1. The molecule has 0 aromatic heterocycles. The van der Waals surface area contributed by atoms with Crippen molar-refractivity contribution in [3.05, 3.63) is 47.5 Å². The van der Waals surface area contributed by atoms with Crippen LogP contribution in [0.3, 0.4) is 0 Å². The first kappa shape index (κ1) is 21.6. The zero-order valence-corrected chi connectivity index (χ0v) is 16.3. The Labute approximate surface area is 177 Å². The van der Waals surface area contributed by atoms with Gasteiger partial charge in [0.25, 0.3) is 0 Å². The van der Waals surface area contributed by atoms with Gasteiger partial charge in [0.1, 0.15) is 53.5 Å². The molecule has 0 radical (unpaired) electrons. The van der Waals surface area contributed by atoms with Gasteiger partial charge in [-0.3, -0.25) is 0 Å². The van der Waals surface area contributed by atoms with Gasteiger partial charge in [-0.2, -0.15) is 0 Å². The van der Waals surface area contributed by atoms with E-state index in [0.29, 0.717) is 11.1 Å². The zero-order valence-electron chi connectivity index (χ0n) is 16.3. The van der Waals surface area contributed by atoms with Crippen molar-refractivity contribution in [3.8, 4) is 23.0 Å². The first-order valence-electron chi connectivity index (χ1n) is 9.75. The number of aromatic hydroxyl groups is 3. The van der Waals surface area contributed by atoms with Crippen LogP contribution in [0.5, 0.6) is 23.0 Å². The van der Waals surface area contributed by atoms with Gasteiger partial charge in [-0.05, 0) is 17.7 Å². The van der Waals surface area contributed by atoms with Crippen molar-refractivity contribution in [1.82, 2.24) is 0 Å². The molecule has 7 N–H and O–H groups in total. The number of phenolic OH excluding ortho intramolecular Hbond substituents is 3. The smallest absolute Gasteiger partial charge is 0.187 e. The fourth-order valence-electron chi connectivity index (χ4n) is 3.87. The molecule has 2 aromatic rings. The Morgan fingerprint density at radius 3 is 2.29 bits per heavy atom. The molecule has 0 amide bonds. The molecular weight excluding hydrogens is 412 g/mol.